The molecule has 3 aliphatic carbocycles. The molecule has 0 spiro atoms. The van der Waals surface area contributed by atoms with Crippen molar-refractivity contribution in [1.29, 1.82) is 0 Å². The molecule has 3 saturated carbocycles. The first-order valence-corrected chi connectivity index (χ1v) is 10.9. The fraction of sp³-hybridized carbons (Fsp3) is 0.455. The van der Waals surface area contributed by atoms with Crippen molar-refractivity contribution < 1.29 is 31.9 Å². The van der Waals surface area contributed by atoms with Gasteiger partial charge >= 0.3 is 0 Å². The van der Waals surface area contributed by atoms with E-state index in [0.717, 1.165) is 18.5 Å². The van der Waals surface area contributed by atoms with Gasteiger partial charge < -0.3 is 15.4 Å². The van der Waals surface area contributed by atoms with Gasteiger partial charge in [-0.05, 0) is 37.8 Å². The van der Waals surface area contributed by atoms with Crippen LogP contribution >= 0.6 is 11.6 Å². The average Bonchev–Trinajstić information content (AvgIpc) is 2.81. The van der Waals surface area contributed by atoms with Crippen LogP contribution in [0.15, 0.2) is 30.6 Å². The van der Waals surface area contributed by atoms with Crippen molar-refractivity contribution in [1.82, 2.24) is 20.6 Å². The van der Waals surface area contributed by atoms with E-state index in [1.165, 1.54) is 12.1 Å². The van der Waals surface area contributed by atoms with Crippen LogP contribution in [0.25, 0.3) is 0 Å². The molecule has 1 aromatic heterocycles. The lowest BCUT2D eigenvalue weighted by atomic mass is 9.60. The van der Waals surface area contributed by atoms with Crippen molar-refractivity contribution >= 4 is 23.4 Å². The number of ether oxygens (including phenoxy) is 1. The zero-order valence-corrected chi connectivity index (χ0v) is 18.5. The number of carbonyl (C=O) groups excluding carboxylic acids is 2. The number of amides is 2. The van der Waals surface area contributed by atoms with Crippen LogP contribution in [-0.4, -0.2) is 45.6 Å². The smallest absolute Gasteiger partial charge is 0.281 e. The Labute approximate surface area is 197 Å². The van der Waals surface area contributed by atoms with E-state index in [1.54, 1.807) is 0 Å². The van der Waals surface area contributed by atoms with E-state index in [-0.39, 0.29) is 42.3 Å². The SMILES string of the molecule is O=C(COc1ccc(Cl)c(F)c1)NC12CCC(NC(=O)c3cnc(C(F)F)cn3)(CC1)C(F)C2. The highest BCUT2D eigenvalue weighted by Crippen LogP contribution is 2.48. The molecule has 7 nitrogen and oxygen atoms in total. The summed E-state index contributed by atoms with van der Waals surface area (Å²) in [4.78, 5) is 32.2. The second-order valence-corrected chi connectivity index (χ2v) is 9.01. The Morgan fingerprint density at radius 3 is 2.47 bits per heavy atom. The van der Waals surface area contributed by atoms with E-state index in [2.05, 4.69) is 20.6 Å². The van der Waals surface area contributed by atoms with Crippen LogP contribution in [0.1, 0.15) is 54.7 Å². The van der Waals surface area contributed by atoms with Gasteiger partial charge in [0.25, 0.3) is 18.2 Å². The summed E-state index contributed by atoms with van der Waals surface area (Å²) in [6.07, 6.45) is -1.13. The lowest BCUT2D eigenvalue weighted by Crippen LogP contribution is -2.69. The number of hydrogen-bond acceptors (Lipinski definition) is 5. The Bertz CT molecular complexity index is 1080. The topological polar surface area (TPSA) is 93.2 Å². The van der Waals surface area contributed by atoms with E-state index in [1.807, 2.05) is 0 Å². The van der Waals surface area contributed by atoms with Crippen LogP contribution in [0.5, 0.6) is 5.75 Å². The molecular formula is C22H21ClF4N4O3. The Morgan fingerprint density at radius 2 is 1.88 bits per heavy atom. The number of fused-ring (bicyclic) bond motifs is 3. The summed E-state index contributed by atoms with van der Waals surface area (Å²) in [5, 5.41) is 5.44. The first-order chi connectivity index (χ1) is 16.1. The molecule has 2 bridgehead atoms. The molecule has 2 amide bonds. The lowest BCUT2D eigenvalue weighted by Gasteiger charge is -2.55. The predicted octanol–water partition coefficient (Wildman–Crippen LogP) is 3.93. The first-order valence-electron chi connectivity index (χ1n) is 10.6. The quantitative estimate of drug-likeness (QED) is 0.562. The maximum absolute atomic E-state index is 15.2. The van der Waals surface area contributed by atoms with Crippen molar-refractivity contribution in [3.05, 3.63) is 52.8 Å². The van der Waals surface area contributed by atoms with Gasteiger partial charge in [-0.15, -0.1) is 0 Å². The van der Waals surface area contributed by atoms with Gasteiger partial charge in [0.15, 0.2) is 6.61 Å². The van der Waals surface area contributed by atoms with E-state index in [9.17, 15) is 22.8 Å². The van der Waals surface area contributed by atoms with Crippen molar-refractivity contribution in [2.24, 2.45) is 0 Å². The average molecular weight is 501 g/mol. The molecule has 3 fully saturated rings. The minimum absolute atomic E-state index is 0.00933. The molecule has 0 saturated heterocycles. The lowest BCUT2D eigenvalue weighted by molar-refractivity contribution is -0.128. The number of benzene rings is 1. The summed E-state index contributed by atoms with van der Waals surface area (Å²) in [6, 6.07) is 3.80. The minimum Gasteiger partial charge on any atom is -0.484 e. The number of rotatable bonds is 7. The molecule has 0 radical (unpaired) electrons. The number of nitrogens with one attached hydrogen (secondary N) is 2. The minimum atomic E-state index is -2.81. The van der Waals surface area contributed by atoms with Crippen molar-refractivity contribution in [3.8, 4) is 5.75 Å². The predicted molar refractivity (Wildman–Crippen MR) is 113 cm³/mol. The third-order valence-electron chi connectivity index (χ3n) is 6.42. The van der Waals surface area contributed by atoms with Gasteiger partial charge in [0.05, 0.1) is 23.0 Å². The normalized spacial score (nSPS) is 25.8. The van der Waals surface area contributed by atoms with Crippen LogP contribution in [0.4, 0.5) is 17.6 Å². The number of carbonyl (C=O) groups is 2. The molecule has 12 heteroatoms. The molecule has 0 aliphatic heterocycles. The monoisotopic (exact) mass is 500 g/mol. The van der Waals surface area contributed by atoms with E-state index in [0.29, 0.717) is 12.8 Å². The maximum Gasteiger partial charge on any atom is 0.281 e. The van der Waals surface area contributed by atoms with Gasteiger partial charge in [-0.2, -0.15) is 0 Å². The Kier molecular flexibility index (Phi) is 6.66. The molecule has 3 aliphatic rings. The molecule has 182 valence electrons. The number of nitrogens with zero attached hydrogens (tertiary/aromatic N) is 2. The van der Waals surface area contributed by atoms with Gasteiger partial charge in [-0.3, -0.25) is 14.6 Å². The third kappa shape index (κ3) is 4.94. The van der Waals surface area contributed by atoms with Gasteiger partial charge in [-0.1, -0.05) is 11.6 Å². The molecule has 2 aromatic rings. The molecule has 2 N–H and O–H groups in total. The highest BCUT2D eigenvalue weighted by molar-refractivity contribution is 6.30. The second kappa shape index (κ2) is 9.36. The fourth-order valence-corrected chi connectivity index (χ4v) is 4.63. The first kappa shape index (κ1) is 24.2. The Morgan fingerprint density at radius 1 is 1.15 bits per heavy atom. The zero-order chi connectivity index (χ0) is 24.5. The van der Waals surface area contributed by atoms with Gasteiger partial charge in [0, 0.05) is 18.0 Å². The number of aromatic nitrogens is 2. The largest absolute Gasteiger partial charge is 0.484 e. The number of alkyl halides is 3. The summed E-state index contributed by atoms with van der Waals surface area (Å²) in [5.41, 5.74) is -2.66. The molecule has 5 rings (SSSR count). The summed E-state index contributed by atoms with van der Waals surface area (Å²) in [7, 11) is 0. The molecular weight excluding hydrogens is 480 g/mol. The number of hydrogen-bond donors (Lipinski definition) is 2. The van der Waals surface area contributed by atoms with Crippen molar-refractivity contribution in [2.45, 2.75) is 55.8 Å². The molecule has 1 atom stereocenters. The van der Waals surface area contributed by atoms with Crippen LogP contribution < -0.4 is 15.4 Å². The number of halogens is 5. The molecule has 34 heavy (non-hydrogen) atoms. The van der Waals surface area contributed by atoms with Crippen molar-refractivity contribution in [3.63, 3.8) is 0 Å². The molecule has 1 heterocycles. The second-order valence-electron chi connectivity index (χ2n) is 8.60. The van der Waals surface area contributed by atoms with Crippen molar-refractivity contribution in [2.75, 3.05) is 6.61 Å². The zero-order valence-electron chi connectivity index (χ0n) is 17.8. The summed E-state index contributed by atoms with van der Waals surface area (Å²) < 4.78 is 59.3. The van der Waals surface area contributed by atoms with Gasteiger partial charge in [0.1, 0.15) is 29.1 Å². The standard InChI is InChI=1S/C22H21ClF4N4O3/c23-13-2-1-12(7-14(13)24)34-11-18(32)30-21-3-5-22(6-4-21,17(25)8-21)31-20(33)16-10-28-15(9-29-16)19(26)27/h1-2,7,9-10,17,19H,3-6,8,11H2,(H,30,32)(H,31,33). The van der Waals surface area contributed by atoms with E-state index < -0.39 is 47.0 Å². The Balaban J connectivity index is 1.33. The molecule has 1 aromatic carbocycles. The van der Waals surface area contributed by atoms with E-state index >= 15 is 4.39 Å². The van der Waals surface area contributed by atoms with Crippen LogP contribution in [0, 0.1) is 5.82 Å². The van der Waals surface area contributed by atoms with Gasteiger partial charge in [0.2, 0.25) is 0 Å². The highest BCUT2D eigenvalue weighted by atomic mass is 35.5. The van der Waals surface area contributed by atoms with Crippen LogP contribution in [-0.2, 0) is 4.79 Å². The highest BCUT2D eigenvalue weighted by Gasteiger charge is 2.56. The molecule has 1 unspecified atom stereocenters. The Hall–Kier alpha value is -2.95. The summed E-state index contributed by atoms with van der Waals surface area (Å²) in [5.74, 6) is -1.71. The van der Waals surface area contributed by atoms with Gasteiger partial charge in [-0.25, -0.2) is 22.5 Å². The van der Waals surface area contributed by atoms with Crippen LogP contribution in [0.3, 0.4) is 0 Å². The third-order valence-corrected chi connectivity index (χ3v) is 6.73. The summed E-state index contributed by atoms with van der Waals surface area (Å²) >= 11 is 5.62. The van der Waals surface area contributed by atoms with Crippen LogP contribution in [0.2, 0.25) is 5.02 Å². The maximum atomic E-state index is 15.2. The van der Waals surface area contributed by atoms with E-state index in [4.69, 9.17) is 16.3 Å². The summed E-state index contributed by atoms with van der Waals surface area (Å²) in [6.45, 7) is -0.380. The fourth-order valence-electron chi connectivity index (χ4n) is 4.52.